The standard InChI is InChI=1S/C20H33N5OS.HI/c1-22-19(24-16-7-11-25(12-8-16)14-18(21)26)23-15-20(9-3-2-4-10-20)17-6-5-13-27-17;/h5-6,13,16H,2-4,7-12,14-15H2,1H3,(H2,21,26)(H2,22,23,24);1H. The Morgan fingerprint density at radius 3 is 2.61 bits per heavy atom. The number of nitrogens with zero attached hydrogens (tertiary/aromatic N) is 2. The molecule has 6 nitrogen and oxygen atoms in total. The highest BCUT2D eigenvalue weighted by Crippen LogP contribution is 2.41. The van der Waals surface area contributed by atoms with Crippen LogP contribution < -0.4 is 16.4 Å². The number of aliphatic imine (C=N–C) groups is 1. The third-order valence-electron chi connectivity index (χ3n) is 5.98. The van der Waals surface area contributed by atoms with Crippen molar-refractivity contribution in [3.63, 3.8) is 0 Å². The zero-order valence-corrected chi connectivity index (χ0v) is 19.9. The minimum atomic E-state index is -0.245. The predicted molar refractivity (Wildman–Crippen MR) is 128 cm³/mol. The summed E-state index contributed by atoms with van der Waals surface area (Å²) in [7, 11) is 1.84. The summed E-state index contributed by atoms with van der Waals surface area (Å²) in [5.41, 5.74) is 5.54. The van der Waals surface area contributed by atoms with E-state index in [1.807, 2.05) is 18.4 Å². The van der Waals surface area contributed by atoms with Crippen LogP contribution in [0.15, 0.2) is 22.5 Å². The topological polar surface area (TPSA) is 82.8 Å². The number of rotatable bonds is 6. The molecule has 2 heterocycles. The molecule has 0 aromatic carbocycles. The Balaban J connectivity index is 0.00000280. The number of nitrogens with one attached hydrogen (secondary N) is 2. The minimum absolute atomic E-state index is 0. The lowest BCUT2D eigenvalue weighted by Crippen LogP contribution is -2.52. The number of thiophene rings is 1. The van der Waals surface area contributed by atoms with Crippen LogP contribution in [0.4, 0.5) is 0 Å². The Kier molecular flexibility index (Phi) is 9.49. The van der Waals surface area contributed by atoms with Gasteiger partial charge in [-0.05, 0) is 37.1 Å². The van der Waals surface area contributed by atoms with Crippen molar-refractivity contribution in [3.05, 3.63) is 22.4 Å². The molecule has 0 bridgehead atoms. The molecule has 0 radical (unpaired) electrons. The van der Waals surface area contributed by atoms with Crippen LogP contribution in [0.5, 0.6) is 0 Å². The number of carbonyl (C=O) groups excluding carboxylic acids is 1. The van der Waals surface area contributed by atoms with Crippen molar-refractivity contribution in [2.75, 3.05) is 33.2 Å². The summed E-state index contributed by atoms with van der Waals surface area (Å²) >= 11 is 1.88. The van der Waals surface area contributed by atoms with Crippen LogP contribution >= 0.6 is 35.3 Å². The van der Waals surface area contributed by atoms with Gasteiger partial charge in [-0.1, -0.05) is 25.3 Å². The summed E-state index contributed by atoms with van der Waals surface area (Å²) in [5.74, 6) is 0.648. The van der Waals surface area contributed by atoms with Crippen LogP contribution in [0.2, 0.25) is 0 Å². The van der Waals surface area contributed by atoms with Crippen LogP contribution in [-0.2, 0) is 10.2 Å². The van der Waals surface area contributed by atoms with Crippen molar-refractivity contribution >= 4 is 47.2 Å². The van der Waals surface area contributed by atoms with E-state index in [1.165, 1.54) is 37.0 Å². The number of guanidine groups is 1. The van der Waals surface area contributed by atoms with E-state index in [4.69, 9.17) is 5.73 Å². The van der Waals surface area contributed by atoms with Crippen molar-refractivity contribution in [2.24, 2.45) is 10.7 Å². The van der Waals surface area contributed by atoms with E-state index in [2.05, 4.69) is 38.0 Å². The maximum absolute atomic E-state index is 11.1. The van der Waals surface area contributed by atoms with E-state index >= 15 is 0 Å². The van der Waals surface area contributed by atoms with Gasteiger partial charge in [0.05, 0.1) is 6.54 Å². The van der Waals surface area contributed by atoms with Gasteiger partial charge in [-0.15, -0.1) is 35.3 Å². The van der Waals surface area contributed by atoms with E-state index in [0.29, 0.717) is 12.6 Å². The van der Waals surface area contributed by atoms with Crippen LogP contribution in [0, 0.1) is 0 Å². The molecular weight excluding hydrogens is 485 g/mol. The first-order valence-electron chi connectivity index (χ1n) is 10.1. The quantitative estimate of drug-likeness (QED) is 0.307. The third-order valence-corrected chi connectivity index (χ3v) is 7.10. The molecule has 158 valence electrons. The largest absolute Gasteiger partial charge is 0.369 e. The van der Waals surface area contributed by atoms with Gasteiger partial charge in [0.2, 0.25) is 5.91 Å². The summed E-state index contributed by atoms with van der Waals surface area (Å²) in [6.07, 6.45) is 8.48. The Hall–Kier alpha value is -0.870. The monoisotopic (exact) mass is 519 g/mol. The third kappa shape index (κ3) is 6.32. The maximum Gasteiger partial charge on any atom is 0.231 e. The first-order chi connectivity index (χ1) is 13.1. The number of piperidine rings is 1. The maximum atomic E-state index is 11.1. The van der Waals surface area contributed by atoms with Gasteiger partial charge in [0.25, 0.3) is 0 Å². The van der Waals surface area contributed by atoms with Gasteiger partial charge in [-0.25, -0.2) is 0 Å². The molecule has 0 unspecified atom stereocenters. The van der Waals surface area contributed by atoms with Crippen LogP contribution in [-0.4, -0.2) is 56.0 Å². The van der Waals surface area contributed by atoms with Gasteiger partial charge >= 0.3 is 0 Å². The predicted octanol–water partition coefficient (Wildman–Crippen LogP) is 2.68. The highest BCUT2D eigenvalue weighted by atomic mass is 127. The van der Waals surface area contributed by atoms with E-state index < -0.39 is 0 Å². The average molecular weight is 519 g/mol. The molecule has 2 aliphatic rings. The van der Waals surface area contributed by atoms with Crippen molar-refractivity contribution in [2.45, 2.75) is 56.4 Å². The molecule has 2 fully saturated rings. The number of nitrogens with two attached hydrogens (primary N) is 1. The number of halogens is 1. The summed E-state index contributed by atoms with van der Waals surface area (Å²) in [6.45, 7) is 3.10. The van der Waals surface area contributed by atoms with Gasteiger partial charge in [0.1, 0.15) is 0 Å². The van der Waals surface area contributed by atoms with Crippen molar-refractivity contribution in [3.8, 4) is 0 Å². The summed E-state index contributed by atoms with van der Waals surface area (Å²) in [5, 5.41) is 9.39. The summed E-state index contributed by atoms with van der Waals surface area (Å²) < 4.78 is 0. The molecule has 1 amide bonds. The van der Waals surface area contributed by atoms with E-state index in [-0.39, 0.29) is 35.3 Å². The molecule has 1 aromatic rings. The highest BCUT2D eigenvalue weighted by molar-refractivity contribution is 14.0. The van der Waals surface area contributed by atoms with Gasteiger partial charge < -0.3 is 16.4 Å². The smallest absolute Gasteiger partial charge is 0.231 e. The fraction of sp³-hybridized carbons (Fsp3) is 0.700. The second-order valence-electron chi connectivity index (χ2n) is 7.91. The molecule has 1 saturated heterocycles. The van der Waals surface area contributed by atoms with E-state index in [1.54, 1.807) is 0 Å². The van der Waals surface area contributed by atoms with Gasteiger partial charge in [-0.2, -0.15) is 0 Å². The van der Waals surface area contributed by atoms with E-state index in [9.17, 15) is 4.79 Å². The first kappa shape index (κ1) is 23.4. The Morgan fingerprint density at radius 1 is 1.32 bits per heavy atom. The first-order valence-corrected chi connectivity index (χ1v) is 11.0. The molecule has 4 N–H and O–H groups in total. The van der Waals surface area contributed by atoms with Crippen molar-refractivity contribution in [1.82, 2.24) is 15.5 Å². The molecule has 28 heavy (non-hydrogen) atoms. The number of carbonyl (C=O) groups is 1. The van der Waals surface area contributed by atoms with E-state index in [0.717, 1.165) is 38.4 Å². The Bertz CT molecular complexity index is 623. The second kappa shape index (κ2) is 11.3. The highest BCUT2D eigenvalue weighted by Gasteiger charge is 2.35. The summed E-state index contributed by atoms with van der Waals surface area (Å²) in [4.78, 5) is 19.2. The molecule has 0 atom stereocenters. The molecule has 3 rings (SSSR count). The van der Waals surface area contributed by atoms with Crippen LogP contribution in [0.25, 0.3) is 0 Å². The zero-order chi connectivity index (χ0) is 19.1. The van der Waals surface area contributed by atoms with Crippen LogP contribution in [0.3, 0.4) is 0 Å². The lowest BCUT2D eigenvalue weighted by atomic mass is 9.73. The number of likely N-dealkylation sites (tertiary alicyclic amines) is 1. The van der Waals surface area contributed by atoms with Gasteiger partial charge in [0.15, 0.2) is 5.96 Å². The zero-order valence-electron chi connectivity index (χ0n) is 16.8. The Morgan fingerprint density at radius 2 is 2.04 bits per heavy atom. The normalized spacial score (nSPS) is 21.0. The fourth-order valence-electron chi connectivity index (χ4n) is 4.42. The number of hydrogen-bond acceptors (Lipinski definition) is 4. The number of hydrogen-bond donors (Lipinski definition) is 3. The van der Waals surface area contributed by atoms with Crippen LogP contribution in [0.1, 0.15) is 49.8 Å². The number of amides is 1. The average Bonchev–Trinajstić information content (AvgIpc) is 3.22. The number of primary amides is 1. The Labute approximate surface area is 189 Å². The molecular formula is C20H34IN5OS. The molecule has 1 saturated carbocycles. The minimum Gasteiger partial charge on any atom is -0.369 e. The lowest BCUT2D eigenvalue weighted by molar-refractivity contribution is -0.119. The van der Waals surface area contributed by atoms with Crippen molar-refractivity contribution in [1.29, 1.82) is 0 Å². The van der Waals surface area contributed by atoms with Gasteiger partial charge in [0, 0.05) is 43.0 Å². The molecule has 1 aliphatic carbocycles. The van der Waals surface area contributed by atoms with Crippen molar-refractivity contribution < 1.29 is 4.79 Å². The summed E-state index contributed by atoms with van der Waals surface area (Å²) in [6, 6.07) is 4.86. The molecule has 0 spiro atoms. The fourth-order valence-corrected chi connectivity index (χ4v) is 5.40. The molecule has 1 aliphatic heterocycles. The lowest BCUT2D eigenvalue weighted by Gasteiger charge is -2.38. The SMILES string of the molecule is CN=C(NCC1(c2cccs2)CCCCC1)NC1CCN(CC(N)=O)CC1.I. The molecule has 8 heteroatoms. The second-order valence-corrected chi connectivity index (χ2v) is 8.85. The molecule has 1 aromatic heterocycles. The van der Waals surface area contributed by atoms with Gasteiger partial charge in [-0.3, -0.25) is 14.7 Å².